The highest BCUT2D eigenvalue weighted by atomic mass is 32.2. The molecule has 0 heterocycles. The van der Waals surface area contributed by atoms with Gasteiger partial charge in [-0.3, -0.25) is 14.9 Å². The first-order valence-corrected chi connectivity index (χ1v) is 9.86. The van der Waals surface area contributed by atoms with Gasteiger partial charge in [0.25, 0.3) is 5.69 Å². The minimum Gasteiger partial charge on any atom is -0.351 e. The van der Waals surface area contributed by atoms with E-state index in [0.29, 0.717) is 5.56 Å². The van der Waals surface area contributed by atoms with E-state index in [1.807, 2.05) is 0 Å². The third-order valence-electron chi connectivity index (χ3n) is 4.15. The van der Waals surface area contributed by atoms with Gasteiger partial charge >= 0.3 is 0 Å². The third-order valence-corrected chi connectivity index (χ3v) is 6.21. The number of hydrogen-bond acceptors (Lipinski definition) is 5. The lowest BCUT2D eigenvalue weighted by molar-refractivity contribution is -0.385. The number of sulfonamides is 1. The molecule has 0 atom stereocenters. The molecule has 2 aromatic rings. The standard InChI is InChI=1S/C18H20FN3O5S/c1-3-21(12-18(23)20-11-14-7-9-15(19)10-8-14)28(26,27)17-6-4-5-16(13(17)2)22(24)25/h4-10H,3,11-12H2,1-2H3,(H,20,23). The molecule has 0 fully saturated rings. The summed E-state index contributed by atoms with van der Waals surface area (Å²) in [5.41, 5.74) is 0.366. The summed E-state index contributed by atoms with van der Waals surface area (Å²) in [4.78, 5) is 22.4. The predicted molar refractivity (Wildman–Crippen MR) is 101 cm³/mol. The Morgan fingerprint density at radius 1 is 1.21 bits per heavy atom. The molecule has 0 aliphatic heterocycles. The van der Waals surface area contributed by atoms with Crippen LogP contribution in [0.15, 0.2) is 47.4 Å². The van der Waals surface area contributed by atoms with E-state index in [-0.39, 0.29) is 29.2 Å². The fourth-order valence-corrected chi connectivity index (χ4v) is 4.25. The van der Waals surface area contributed by atoms with Crippen molar-refractivity contribution in [3.63, 3.8) is 0 Å². The Morgan fingerprint density at radius 2 is 1.86 bits per heavy atom. The van der Waals surface area contributed by atoms with Crippen LogP contribution >= 0.6 is 0 Å². The quantitative estimate of drug-likeness (QED) is 0.532. The van der Waals surface area contributed by atoms with Crippen LogP contribution in [0.5, 0.6) is 0 Å². The minimum absolute atomic E-state index is 0.00837. The summed E-state index contributed by atoms with van der Waals surface area (Å²) in [7, 11) is -4.10. The highest BCUT2D eigenvalue weighted by Gasteiger charge is 2.29. The van der Waals surface area contributed by atoms with Crippen LogP contribution in [-0.2, 0) is 21.4 Å². The predicted octanol–water partition coefficient (Wildman–Crippen LogP) is 2.37. The van der Waals surface area contributed by atoms with Gasteiger partial charge in [0, 0.05) is 24.7 Å². The molecule has 0 aromatic heterocycles. The topological polar surface area (TPSA) is 110 Å². The minimum atomic E-state index is -4.10. The third kappa shape index (κ3) is 4.90. The number of rotatable bonds is 8. The molecule has 28 heavy (non-hydrogen) atoms. The molecule has 0 saturated heterocycles. The van der Waals surface area contributed by atoms with Crippen molar-refractivity contribution in [3.05, 3.63) is 69.5 Å². The maximum absolute atomic E-state index is 12.9. The summed E-state index contributed by atoms with van der Waals surface area (Å²) in [5, 5.41) is 13.6. The van der Waals surface area contributed by atoms with E-state index in [9.17, 15) is 27.7 Å². The Bertz CT molecular complexity index is 977. The van der Waals surface area contributed by atoms with Crippen LogP contribution in [0.3, 0.4) is 0 Å². The van der Waals surface area contributed by atoms with Crippen LogP contribution in [0, 0.1) is 22.9 Å². The van der Waals surface area contributed by atoms with Crippen molar-refractivity contribution >= 4 is 21.6 Å². The summed E-state index contributed by atoms with van der Waals surface area (Å²) in [5.74, 6) is -0.941. The molecule has 0 aliphatic rings. The molecule has 0 unspecified atom stereocenters. The number of nitrogens with one attached hydrogen (secondary N) is 1. The van der Waals surface area contributed by atoms with Gasteiger partial charge in [0.2, 0.25) is 15.9 Å². The van der Waals surface area contributed by atoms with E-state index in [4.69, 9.17) is 0 Å². The fourth-order valence-electron chi connectivity index (χ4n) is 2.60. The normalized spacial score (nSPS) is 11.4. The van der Waals surface area contributed by atoms with Gasteiger partial charge in [-0.25, -0.2) is 12.8 Å². The lowest BCUT2D eigenvalue weighted by Gasteiger charge is -2.21. The molecule has 1 amide bonds. The fraction of sp³-hybridized carbons (Fsp3) is 0.278. The molecule has 0 aliphatic carbocycles. The largest absolute Gasteiger partial charge is 0.351 e. The Balaban J connectivity index is 2.15. The maximum Gasteiger partial charge on any atom is 0.273 e. The van der Waals surface area contributed by atoms with Crippen molar-refractivity contribution < 1.29 is 22.5 Å². The van der Waals surface area contributed by atoms with Crippen LogP contribution in [0.25, 0.3) is 0 Å². The van der Waals surface area contributed by atoms with Crippen molar-refractivity contribution in [2.45, 2.75) is 25.3 Å². The zero-order valence-corrected chi connectivity index (χ0v) is 16.2. The molecule has 150 valence electrons. The smallest absolute Gasteiger partial charge is 0.273 e. The number of likely N-dealkylation sites (N-methyl/N-ethyl adjacent to an activating group) is 1. The Morgan fingerprint density at radius 3 is 2.43 bits per heavy atom. The monoisotopic (exact) mass is 409 g/mol. The molecular formula is C18H20FN3O5S. The number of nitrogens with zero attached hydrogens (tertiary/aromatic N) is 2. The Kier molecular flexibility index (Phi) is 6.81. The molecular weight excluding hydrogens is 389 g/mol. The molecule has 10 heteroatoms. The summed E-state index contributed by atoms with van der Waals surface area (Å²) in [6.07, 6.45) is 0. The van der Waals surface area contributed by atoms with Gasteiger partial charge in [-0.1, -0.05) is 25.1 Å². The van der Waals surface area contributed by atoms with Gasteiger partial charge in [0.15, 0.2) is 0 Å². The number of carbonyl (C=O) groups is 1. The first-order chi connectivity index (χ1) is 13.2. The number of hydrogen-bond donors (Lipinski definition) is 1. The second-order valence-corrected chi connectivity index (χ2v) is 7.90. The summed E-state index contributed by atoms with van der Waals surface area (Å²) in [6, 6.07) is 9.33. The van der Waals surface area contributed by atoms with Crippen LogP contribution in [-0.4, -0.2) is 36.6 Å². The molecule has 2 aromatic carbocycles. The van der Waals surface area contributed by atoms with Crippen molar-refractivity contribution in [1.29, 1.82) is 0 Å². The Labute approximate surface area is 162 Å². The summed E-state index contributed by atoms with van der Waals surface area (Å²) < 4.78 is 39.6. The SMILES string of the molecule is CCN(CC(=O)NCc1ccc(F)cc1)S(=O)(=O)c1cccc([N+](=O)[O-])c1C. The number of carbonyl (C=O) groups excluding carboxylic acids is 1. The maximum atomic E-state index is 12.9. The van der Waals surface area contributed by atoms with E-state index in [0.717, 1.165) is 4.31 Å². The number of nitro groups is 1. The van der Waals surface area contributed by atoms with Gasteiger partial charge in [0.1, 0.15) is 5.82 Å². The average Bonchev–Trinajstić information content (AvgIpc) is 2.65. The zero-order valence-electron chi connectivity index (χ0n) is 15.4. The van der Waals surface area contributed by atoms with Crippen LogP contribution in [0.1, 0.15) is 18.1 Å². The van der Waals surface area contributed by atoms with E-state index < -0.39 is 33.2 Å². The lowest BCUT2D eigenvalue weighted by Crippen LogP contribution is -2.40. The molecule has 0 radical (unpaired) electrons. The van der Waals surface area contributed by atoms with Gasteiger partial charge in [-0.2, -0.15) is 4.31 Å². The van der Waals surface area contributed by atoms with Gasteiger partial charge in [0.05, 0.1) is 16.4 Å². The second-order valence-electron chi connectivity index (χ2n) is 5.99. The molecule has 8 nitrogen and oxygen atoms in total. The van der Waals surface area contributed by atoms with Crippen molar-refractivity contribution in [2.75, 3.05) is 13.1 Å². The number of halogens is 1. The van der Waals surface area contributed by atoms with Gasteiger partial charge < -0.3 is 5.32 Å². The number of nitro benzene ring substituents is 1. The lowest BCUT2D eigenvalue weighted by atomic mass is 10.2. The summed E-state index contributed by atoms with van der Waals surface area (Å²) >= 11 is 0. The van der Waals surface area contributed by atoms with E-state index in [1.54, 1.807) is 6.92 Å². The van der Waals surface area contributed by atoms with Crippen molar-refractivity contribution in [1.82, 2.24) is 9.62 Å². The number of amides is 1. The zero-order chi connectivity index (χ0) is 20.9. The molecule has 0 saturated carbocycles. The van der Waals surface area contributed by atoms with Crippen molar-refractivity contribution in [3.8, 4) is 0 Å². The van der Waals surface area contributed by atoms with E-state index in [2.05, 4.69) is 5.32 Å². The van der Waals surface area contributed by atoms with E-state index >= 15 is 0 Å². The highest BCUT2D eigenvalue weighted by Crippen LogP contribution is 2.27. The highest BCUT2D eigenvalue weighted by molar-refractivity contribution is 7.89. The van der Waals surface area contributed by atoms with Gasteiger partial charge in [-0.05, 0) is 30.7 Å². The summed E-state index contributed by atoms with van der Waals surface area (Å²) in [6.45, 7) is 2.61. The van der Waals surface area contributed by atoms with Crippen molar-refractivity contribution in [2.24, 2.45) is 0 Å². The second kappa shape index (κ2) is 8.89. The van der Waals surface area contributed by atoms with Crippen LogP contribution < -0.4 is 5.32 Å². The number of benzene rings is 2. The first-order valence-electron chi connectivity index (χ1n) is 8.42. The van der Waals surface area contributed by atoms with E-state index in [1.165, 1.54) is 49.4 Å². The molecule has 2 rings (SSSR count). The molecule has 1 N–H and O–H groups in total. The van der Waals surface area contributed by atoms with Crippen LogP contribution in [0.2, 0.25) is 0 Å². The molecule has 0 spiro atoms. The molecule has 0 bridgehead atoms. The average molecular weight is 409 g/mol. The van der Waals surface area contributed by atoms with Crippen LogP contribution in [0.4, 0.5) is 10.1 Å². The Hall–Kier alpha value is -2.85. The first kappa shape index (κ1) is 21.5. The van der Waals surface area contributed by atoms with Gasteiger partial charge in [-0.15, -0.1) is 0 Å².